The van der Waals surface area contributed by atoms with E-state index in [1.54, 1.807) is 4.57 Å². The van der Waals surface area contributed by atoms with Gasteiger partial charge in [-0.15, -0.1) is 4.91 Å². The van der Waals surface area contributed by atoms with Gasteiger partial charge in [0.25, 0.3) is 0 Å². The van der Waals surface area contributed by atoms with Crippen LogP contribution in [0.2, 0.25) is 0 Å². The summed E-state index contributed by atoms with van der Waals surface area (Å²) < 4.78 is 7.50. The zero-order valence-corrected chi connectivity index (χ0v) is 14.7. The number of benzene rings is 2. The van der Waals surface area contributed by atoms with Crippen molar-refractivity contribution in [1.82, 2.24) is 4.57 Å². The fourth-order valence-electron chi connectivity index (χ4n) is 3.05. The fraction of sp³-hybridized carbons (Fsp3) is 0.300. The molecule has 130 valence electrons. The van der Waals surface area contributed by atoms with Crippen LogP contribution < -0.4 is 4.74 Å². The van der Waals surface area contributed by atoms with E-state index in [-0.39, 0.29) is 11.6 Å². The Morgan fingerprint density at radius 3 is 2.48 bits per heavy atom. The van der Waals surface area contributed by atoms with Gasteiger partial charge in [-0.25, -0.2) is 0 Å². The Balaban J connectivity index is 1.79. The Bertz CT molecular complexity index is 911. The summed E-state index contributed by atoms with van der Waals surface area (Å²) >= 11 is 0. The average Bonchev–Trinajstić information content (AvgIpc) is 2.88. The first-order valence-electron chi connectivity index (χ1n) is 8.37. The second-order valence-corrected chi connectivity index (χ2v) is 6.33. The molecule has 3 rings (SSSR count). The zero-order valence-electron chi connectivity index (χ0n) is 14.7. The lowest BCUT2D eigenvalue weighted by Gasteiger charge is -2.11. The topological polar surface area (TPSA) is 63.8 Å². The summed E-state index contributed by atoms with van der Waals surface area (Å²) in [6, 6.07) is 11.7. The second-order valence-electron chi connectivity index (χ2n) is 6.33. The number of aryl methyl sites for hydroxylation is 4. The van der Waals surface area contributed by atoms with Crippen molar-refractivity contribution >= 4 is 16.6 Å². The Morgan fingerprint density at radius 1 is 1.08 bits per heavy atom. The summed E-state index contributed by atoms with van der Waals surface area (Å²) in [6.45, 7) is 7.11. The van der Waals surface area contributed by atoms with E-state index in [0.29, 0.717) is 25.0 Å². The largest absolute Gasteiger partial charge is 0.494 e. The molecule has 0 saturated carbocycles. The third kappa shape index (κ3) is 3.22. The number of fused-ring (bicyclic) bond motifs is 1. The smallest absolute Gasteiger partial charge is 0.222 e. The van der Waals surface area contributed by atoms with E-state index >= 15 is 0 Å². The zero-order chi connectivity index (χ0) is 18.0. The first kappa shape index (κ1) is 17.0. The molecule has 1 aromatic heterocycles. The SMILES string of the molecule is Cc1ccc(OCCCn2c(O)c(N=O)c3ccc(C)c(C)c32)cc1. The van der Waals surface area contributed by atoms with Crippen molar-refractivity contribution in [2.75, 3.05) is 6.61 Å². The highest BCUT2D eigenvalue weighted by Gasteiger charge is 2.19. The lowest BCUT2D eigenvalue weighted by molar-refractivity contribution is 0.298. The molecule has 1 heterocycles. The van der Waals surface area contributed by atoms with Gasteiger partial charge in [0.2, 0.25) is 5.88 Å². The van der Waals surface area contributed by atoms with Crippen molar-refractivity contribution in [1.29, 1.82) is 0 Å². The van der Waals surface area contributed by atoms with E-state index in [1.165, 1.54) is 5.56 Å². The first-order valence-corrected chi connectivity index (χ1v) is 8.37. The minimum atomic E-state index is -0.0750. The van der Waals surface area contributed by atoms with Gasteiger partial charge in [-0.1, -0.05) is 29.8 Å². The molecule has 0 atom stereocenters. The normalized spacial score (nSPS) is 11.0. The van der Waals surface area contributed by atoms with Gasteiger partial charge in [-0.3, -0.25) is 0 Å². The van der Waals surface area contributed by atoms with Crippen molar-refractivity contribution < 1.29 is 9.84 Å². The van der Waals surface area contributed by atoms with Gasteiger partial charge in [0.1, 0.15) is 5.75 Å². The highest BCUT2D eigenvalue weighted by atomic mass is 16.5. The second kappa shape index (κ2) is 6.97. The van der Waals surface area contributed by atoms with E-state index in [1.807, 2.05) is 57.2 Å². The molecular formula is C20H22N2O3. The van der Waals surface area contributed by atoms with Gasteiger partial charge in [-0.05, 0) is 55.6 Å². The van der Waals surface area contributed by atoms with Gasteiger partial charge in [-0.2, -0.15) is 0 Å². The average molecular weight is 338 g/mol. The molecule has 0 bridgehead atoms. The summed E-state index contributed by atoms with van der Waals surface area (Å²) in [5.74, 6) is 0.753. The number of rotatable bonds is 6. The molecule has 5 nitrogen and oxygen atoms in total. The Hall–Kier alpha value is -2.82. The van der Waals surface area contributed by atoms with Crippen molar-refractivity contribution in [3.8, 4) is 11.6 Å². The number of nitroso groups, excluding NO2 is 1. The molecule has 2 aromatic carbocycles. The molecule has 0 aliphatic carbocycles. The lowest BCUT2D eigenvalue weighted by Crippen LogP contribution is -2.05. The molecule has 0 radical (unpaired) electrons. The van der Waals surface area contributed by atoms with Crippen LogP contribution in [0, 0.1) is 25.7 Å². The van der Waals surface area contributed by atoms with Crippen LogP contribution in [0.15, 0.2) is 41.6 Å². The van der Waals surface area contributed by atoms with Crippen LogP contribution in [-0.2, 0) is 6.54 Å². The minimum Gasteiger partial charge on any atom is -0.494 e. The van der Waals surface area contributed by atoms with Crippen LogP contribution in [-0.4, -0.2) is 16.3 Å². The minimum absolute atomic E-state index is 0.0750. The highest BCUT2D eigenvalue weighted by molar-refractivity contribution is 5.97. The molecule has 0 fully saturated rings. The van der Waals surface area contributed by atoms with Gasteiger partial charge >= 0.3 is 0 Å². The fourth-order valence-corrected chi connectivity index (χ4v) is 3.05. The van der Waals surface area contributed by atoms with Crippen LogP contribution >= 0.6 is 0 Å². The molecule has 0 amide bonds. The van der Waals surface area contributed by atoms with Crippen LogP contribution in [0.1, 0.15) is 23.1 Å². The quantitative estimate of drug-likeness (QED) is 0.500. The summed E-state index contributed by atoms with van der Waals surface area (Å²) in [5, 5.41) is 14.1. The molecule has 0 aliphatic rings. The number of ether oxygens (including phenoxy) is 1. The summed E-state index contributed by atoms with van der Waals surface area (Å²) in [5.41, 5.74) is 4.32. The molecule has 1 N–H and O–H groups in total. The molecule has 0 unspecified atom stereocenters. The maximum atomic E-state index is 11.1. The van der Waals surface area contributed by atoms with Crippen LogP contribution in [0.5, 0.6) is 11.6 Å². The highest BCUT2D eigenvalue weighted by Crippen LogP contribution is 2.40. The third-order valence-electron chi connectivity index (χ3n) is 4.60. The van der Waals surface area contributed by atoms with Gasteiger partial charge in [0.05, 0.1) is 12.1 Å². The van der Waals surface area contributed by atoms with Crippen LogP contribution in [0.3, 0.4) is 0 Å². The Labute approximate surface area is 146 Å². The summed E-state index contributed by atoms with van der Waals surface area (Å²) in [6.07, 6.45) is 0.705. The van der Waals surface area contributed by atoms with Crippen molar-refractivity contribution in [2.24, 2.45) is 5.18 Å². The molecule has 0 spiro atoms. The van der Waals surface area contributed by atoms with Crippen LogP contribution in [0.4, 0.5) is 5.69 Å². The predicted molar refractivity (Wildman–Crippen MR) is 99.8 cm³/mol. The van der Waals surface area contributed by atoms with Crippen molar-refractivity contribution in [3.63, 3.8) is 0 Å². The van der Waals surface area contributed by atoms with E-state index in [4.69, 9.17) is 4.74 Å². The molecule has 5 heteroatoms. The standard InChI is InChI=1S/C20H22N2O3/c1-13-5-8-16(9-6-13)25-12-4-11-22-19-15(3)14(2)7-10-17(19)18(21-24)20(22)23/h5-10,23H,4,11-12H2,1-3H3. The number of hydrogen-bond acceptors (Lipinski definition) is 4. The maximum Gasteiger partial charge on any atom is 0.222 e. The summed E-state index contributed by atoms with van der Waals surface area (Å²) in [4.78, 5) is 11.1. The first-order chi connectivity index (χ1) is 12.0. The van der Waals surface area contributed by atoms with E-state index in [9.17, 15) is 10.0 Å². The van der Waals surface area contributed by atoms with Crippen LogP contribution in [0.25, 0.3) is 10.9 Å². The number of aromatic nitrogens is 1. The van der Waals surface area contributed by atoms with E-state index in [2.05, 4.69) is 5.18 Å². The Kier molecular flexibility index (Phi) is 4.74. The third-order valence-corrected chi connectivity index (χ3v) is 4.60. The Morgan fingerprint density at radius 2 is 1.80 bits per heavy atom. The van der Waals surface area contributed by atoms with E-state index in [0.717, 1.165) is 22.4 Å². The predicted octanol–water partition coefficient (Wildman–Crippen LogP) is 5.14. The molecule has 3 aromatic rings. The number of hydrogen-bond donors (Lipinski definition) is 1. The molecule has 0 aliphatic heterocycles. The number of aromatic hydroxyl groups is 1. The maximum absolute atomic E-state index is 11.1. The molecular weight excluding hydrogens is 316 g/mol. The van der Waals surface area contributed by atoms with Gasteiger partial charge in [0.15, 0.2) is 5.69 Å². The van der Waals surface area contributed by atoms with Gasteiger partial charge in [0, 0.05) is 11.9 Å². The van der Waals surface area contributed by atoms with E-state index < -0.39 is 0 Å². The number of nitrogens with zero attached hydrogens (tertiary/aromatic N) is 2. The van der Waals surface area contributed by atoms with Gasteiger partial charge < -0.3 is 14.4 Å². The van der Waals surface area contributed by atoms with Crippen molar-refractivity contribution in [3.05, 3.63) is 58.0 Å². The molecule has 0 saturated heterocycles. The summed E-state index contributed by atoms with van der Waals surface area (Å²) in [7, 11) is 0. The monoisotopic (exact) mass is 338 g/mol. The van der Waals surface area contributed by atoms with Crippen molar-refractivity contribution in [2.45, 2.75) is 33.7 Å². The lowest BCUT2D eigenvalue weighted by atomic mass is 10.1. The molecule has 25 heavy (non-hydrogen) atoms.